The van der Waals surface area contributed by atoms with Crippen LogP contribution in [0.4, 0.5) is 0 Å². The first-order valence-corrected chi connectivity index (χ1v) is 10.8. The number of rotatable bonds is 2. The molecule has 4 nitrogen and oxygen atoms in total. The van der Waals surface area contributed by atoms with Crippen LogP contribution in [0.2, 0.25) is 0 Å². The summed E-state index contributed by atoms with van der Waals surface area (Å²) in [5, 5.41) is 39.2. The van der Waals surface area contributed by atoms with Gasteiger partial charge in [-0.1, -0.05) is 84.9 Å². The Morgan fingerprint density at radius 3 is 1.24 bits per heavy atom. The zero-order chi connectivity index (χ0) is 23.7. The second kappa shape index (κ2) is 8.41. The van der Waals surface area contributed by atoms with Gasteiger partial charge in [0, 0.05) is 0 Å². The minimum atomic E-state index is -1.14. The topological polar surface area (TPSA) is 95.2 Å². The van der Waals surface area contributed by atoms with E-state index in [-0.39, 0.29) is 0 Å². The van der Waals surface area contributed by atoms with Gasteiger partial charge in [0.25, 0.3) is 0 Å². The van der Waals surface area contributed by atoms with Crippen LogP contribution >= 0.6 is 0 Å². The minimum absolute atomic E-state index is 0.401. The van der Waals surface area contributed by atoms with Gasteiger partial charge in [-0.05, 0) is 55.6 Å². The number of hydrogen-bond donors (Lipinski definition) is 0. The van der Waals surface area contributed by atoms with Crippen molar-refractivity contribution in [2.75, 3.05) is 0 Å². The van der Waals surface area contributed by atoms with Crippen LogP contribution in [0.25, 0.3) is 44.5 Å². The molecule has 0 aromatic heterocycles. The van der Waals surface area contributed by atoms with Crippen molar-refractivity contribution < 1.29 is 0 Å². The number of fused-ring (bicyclic) bond motifs is 8. The van der Waals surface area contributed by atoms with E-state index in [1.165, 1.54) is 0 Å². The van der Waals surface area contributed by atoms with Crippen LogP contribution in [0.15, 0.2) is 84.9 Å². The standard InChI is InChI=1S/C30H16N4/c31-15-19(16-32)21-13-14-28-26-11-4-3-9-24(26)22-7-1-2-8-23(22)25-10-5-6-12-27(25)30(28)29(21)20(17-33)18-34/h1-14,19-20H. The van der Waals surface area contributed by atoms with E-state index in [9.17, 15) is 21.0 Å². The zero-order valence-electron chi connectivity index (χ0n) is 18.0. The summed E-state index contributed by atoms with van der Waals surface area (Å²) in [7, 11) is 0. The van der Waals surface area contributed by atoms with Gasteiger partial charge in [0.05, 0.1) is 24.3 Å². The smallest absolute Gasteiger partial charge is 0.159 e. The van der Waals surface area contributed by atoms with E-state index in [0.29, 0.717) is 11.1 Å². The van der Waals surface area contributed by atoms with Crippen LogP contribution in [0, 0.1) is 45.3 Å². The summed E-state index contributed by atoms with van der Waals surface area (Å²) < 4.78 is 0. The van der Waals surface area contributed by atoms with Gasteiger partial charge in [0.1, 0.15) is 0 Å². The van der Waals surface area contributed by atoms with Gasteiger partial charge in [0.2, 0.25) is 0 Å². The highest BCUT2D eigenvalue weighted by molar-refractivity contribution is 6.04. The molecule has 0 heterocycles. The molecule has 34 heavy (non-hydrogen) atoms. The third-order valence-electron chi connectivity index (χ3n) is 6.32. The second-order valence-corrected chi connectivity index (χ2v) is 8.01. The quantitative estimate of drug-likeness (QED) is 0.302. The molecule has 0 atom stereocenters. The number of nitrogens with zero attached hydrogens (tertiary/aromatic N) is 4. The summed E-state index contributed by atoms with van der Waals surface area (Å²) in [4.78, 5) is 0. The summed E-state index contributed by atoms with van der Waals surface area (Å²) in [6.07, 6.45) is 0. The Morgan fingerprint density at radius 2 is 0.794 bits per heavy atom. The molecule has 0 spiro atoms. The van der Waals surface area contributed by atoms with E-state index in [1.54, 1.807) is 6.07 Å². The van der Waals surface area contributed by atoms with E-state index in [0.717, 1.165) is 44.5 Å². The van der Waals surface area contributed by atoms with Crippen molar-refractivity contribution in [1.82, 2.24) is 0 Å². The molecular weight excluding hydrogens is 416 g/mol. The SMILES string of the molecule is N#CC(C#N)c1ccc2c(c1C(C#N)C#N)-c1ccccc1-c1ccccc1-c1ccccc1-2. The molecule has 0 saturated carbocycles. The lowest BCUT2D eigenvalue weighted by molar-refractivity contribution is 1.01. The molecule has 0 unspecified atom stereocenters. The van der Waals surface area contributed by atoms with Crippen LogP contribution in [0.3, 0.4) is 0 Å². The van der Waals surface area contributed by atoms with Crippen molar-refractivity contribution in [3.63, 3.8) is 0 Å². The molecule has 4 heteroatoms. The third kappa shape index (κ3) is 3.04. The third-order valence-corrected chi connectivity index (χ3v) is 6.32. The normalized spacial score (nSPS) is 10.8. The fourth-order valence-electron chi connectivity index (χ4n) is 4.88. The Labute approximate surface area is 197 Å². The lowest BCUT2D eigenvalue weighted by Crippen LogP contribution is -2.08. The summed E-state index contributed by atoms with van der Waals surface area (Å²) in [6.45, 7) is 0. The average molecular weight is 432 g/mol. The molecule has 1 aliphatic carbocycles. The lowest BCUT2D eigenvalue weighted by Gasteiger charge is -2.26. The van der Waals surface area contributed by atoms with Gasteiger partial charge in [-0.15, -0.1) is 0 Å². The fourth-order valence-corrected chi connectivity index (χ4v) is 4.88. The predicted molar refractivity (Wildman–Crippen MR) is 130 cm³/mol. The summed E-state index contributed by atoms with van der Waals surface area (Å²) in [5.41, 5.74) is 8.37. The molecular formula is C30H16N4. The Balaban J connectivity index is 2.04. The fraction of sp³-hybridized carbons (Fsp3) is 0.0667. The van der Waals surface area contributed by atoms with Gasteiger partial charge < -0.3 is 0 Å². The summed E-state index contributed by atoms with van der Waals surface area (Å²) >= 11 is 0. The number of nitriles is 4. The van der Waals surface area contributed by atoms with Crippen LogP contribution < -0.4 is 0 Å². The summed E-state index contributed by atoms with van der Waals surface area (Å²) in [5.74, 6) is -2.23. The minimum Gasteiger partial charge on any atom is -0.196 e. The van der Waals surface area contributed by atoms with E-state index in [2.05, 4.69) is 30.3 Å². The second-order valence-electron chi connectivity index (χ2n) is 8.01. The monoisotopic (exact) mass is 432 g/mol. The van der Waals surface area contributed by atoms with Gasteiger partial charge >= 0.3 is 0 Å². The van der Waals surface area contributed by atoms with Crippen molar-refractivity contribution >= 4 is 0 Å². The molecule has 0 radical (unpaired) electrons. The molecule has 4 aromatic rings. The first-order valence-electron chi connectivity index (χ1n) is 10.8. The van der Waals surface area contributed by atoms with Gasteiger partial charge in [-0.25, -0.2) is 0 Å². The van der Waals surface area contributed by atoms with E-state index in [1.807, 2.05) is 72.8 Å². The highest BCUT2D eigenvalue weighted by Crippen LogP contribution is 2.50. The maximum Gasteiger partial charge on any atom is 0.159 e. The largest absolute Gasteiger partial charge is 0.196 e. The molecule has 0 fully saturated rings. The molecule has 0 N–H and O–H groups in total. The van der Waals surface area contributed by atoms with Crippen molar-refractivity contribution in [2.24, 2.45) is 0 Å². The van der Waals surface area contributed by atoms with Crippen molar-refractivity contribution in [3.05, 3.63) is 96.1 Å². The number of hydrogen-bond acceptors (Lipinski definition) is 4. The van der Waals surface area contributed by atoms with Crippen LogP contribution in [-0.4, -0.2) is 0 Å². The maximum atomic E-state index is 9.92. The highest BCUT2D eigenvalue weighted by atomic mass is 14.4. The van der Waals surface area contributed by atoms with Crippen LogP contribution in [0.5, 0.6) is 0 Å². The van der Waals surface area contributed by atoms with Gasteiger partial charge in [-0.2, -0.15) is 21.0 Å². The van der Waals surface area contributed by atoms with Gasteiger partial charge in [0.15, 0.2) is 11.8 Å². The van der Waals surface area contributed by atoms with Crippen LogP contribution in [-0.2, 0) is 0 Å². The molecule has 0 aliphatic heterocycles. The Bertz CT molecular complexity index is 1590. The first kappa shape index (κ1) is 20.7. The maximum absolute atomic E-state index is 9.92. The highest BCUT2D eigenvalue weighted by Gasteiger charge is 2.30. The van der Waals surface area contributed by atoms with Crippen molar-refractivity contribution in [1.29, 1.82) is 21.0 Å². The Hall–Kier alpha value is -5.16. The molecule has 156 valence electrons. The Kier molecular flexibility index (Phi) is 5.13. The van der Waals surface area contributed by atoms with Crippen molar-refractivity contribution in [3.8, 4) is 68.8 Å². The molecule has 1 aliphatic rings. The lowest BCUT2D eigenvalue weighted by atomic mass is 9.75. The van der Waals surface area contributed by atoms with Crippen molar-refractivity contribution in [2.45, 2.75) is 11.8 Å². The molecule has 0 bridgehead atoms. The molecule has 5 rings (SSSR count). The molecule has 0 amide bonds. The van der Waals surface area contributed by atoms with E-state index in [4.69, 9.17) is 0 Å². The first-order chi connectivity index (χ1) is 16.7. The molecule has 4 aromatic carbocycles. The average Bonchev–Trinajstić information content (AvgIpc) is 2.89. The zero-order valence-corrected chi connectivity index (χ0v) is 18.0. The predicted octanol–water partition coefficient (Wildman–Crippen LogP) is 6.93. The Morgan fingerprint density at radius 1 is 0.412 bits per heavy atom. The van der Waals surface area contributed by atoms with Crippen LogP contribution in [0.1, 0.15) is 23.0 Å². The van der Waals surface area contributed by atoms with E-state index < -0.39 is 11.8 Å². The summed E-state index contributed by atoms with van der Waals surface area (Å²) in [6, 6.07) is 36.0. The van der Waals surface area contributed by atoms with E-state index >= 15 is 0 Å². The van der Waals surface area contributed by atoms with Gasteiger partial charge in [-0.3, -0.25) is 0 Å². The number of benzene rings is 4. The molecule has 0 saturated heterocycles.